The first-order chi connectivity index (χ1) is 7.38. The molecule has 1 aliphatic carbocycles. The van der Waals surface area contributed by atoms with Gasteiger partial charge in [-0.15, -0.1) is 0 Å². The Morgan fingerprint density at radius 1 is 1.31 bits per heavy atom. The summed E-state index contributed by atoms with van der Waals surface area (Å²) >= 11 is 0. The summed E-state index contributed by atoms with van der Waals surface area (Å²) in [5, 5.41) is 3.53. The lowest BCUT2D eigenvalue weighted by Crippen LogP contribution is -2.40. The van der Waals surface area contributed by atoms with Gasteiger partial charge in [0.2, 0.25) is 0 Å². The number of hydrogen-bond acceptors (Lipinski definition) is 3. The molecule has 0 amide bonds. The second kappa shape index (κ2) is 6.01. The fourth-order valence-electron chi connectivity index (χ4n) is 2.55. The molecule has 0 bridgehead atoms. The third kappa shape index (κ3) is 5.30. The van der Waals surface area contributed by atoms with Crippen LogP contribution < -0.4 is 5.32 Å². The van der Waals surface area contributed by atoms with Gasteiger partial charge in [0.25, 0.3) is 0 Å². The minimum atomic E-state index is -2.83. The first kappa shape index (κ1) is 14.0. The summed E-state index contributed by atoms with van der Waals surface area (Å²) in [5.74, 6) is 1.24. The van der Waals surface area contributed by atoms with E-state index in [4.69, 9.17) is 0 Å². The van der Waals surface area contributed by atoms with Crippen LogP contribution in [0.1, 0.15) is 39.5 Å². The molecule has 1 rings (SSSR count). The number of sulfone groups is 1. The number of rotatable bonds is 5. The Labute approximate surface area is 99.9 Å². The van der Waals surface area contributed by atoms with Gasteiger partial charge in [-0.05, 0) is 31.2 Å². The molecule has 3 atom stereocenters. The highest BCUT2D eigenvalue weighted by atomic mass is 32.2. The van der Waals surface area contributed by atoms with Crippen molar-refractivity contribution in [3.8, 4) is 0 Å². The van der Waals surface area contributed by atoms with Crippen molar-refractivity contribution in [1.29, 1.82) is 0 Å². The largest absolute Gasteiger partial charge is 0.313 e. The van der Waals surface area contributed by atoms with Crippen molar-refractivity contribution in [1.82, 2.24) is 5.32 Å². The molecule has 0 radical (unpaired) electrons. The molecule has 4 heteroatoms. The van der Waals surface area contributed by atoms with Crippen LogP contribution in [0.15, 0.2) is 0 Å². The van der Waals surface area contributed by atoms with Gasteiger partial charge >= 0.3 is 0 Å². The molecule has 0 aromatic rings. The molecule has 0 heterocycles. The van der Waals surface area contributed by atoms with Crippen molar-refractivity contribution >= 4 is 9.84 Å². The van der Waals surface area contributed by atoms with E-state index in [0.29, 0.717) is 11.8 Å². The Morgan fingerprint density at radius 3 is 2.50 bits per heavy atom. The highest BCUT2D eigenvalue weighted by Gasteiger charge is 2.21. The zero-order chi connectivity index (χ0) is 12.2. The Kier molecular flexibility index (Phi) is 5.25. The first-order valence-electron chi connectivity index (χ1n) is 6.29. The fraction of sp³-hybridized carbons (Fsp3) is 1.00. The number of nitrogens with one attached hydrogen (secondary N) is 1. The van der Waals surface area contributed by atoms with E-state index in [2.05, 4.69) is 12.2 Å². The van der Waals surface area contributed by atoms with Crippen LogP contribution in [-0.4, -0.2) is 33.0 Å². The van der Waals surface area contributed by atoms with Crippen molar-refractivity contribution in [2.75, 3.05) is 18.6 Å². The van der Waals surface area contributed by atoms with Crippen LogP contribution in [0.4, 0.5) is 0 Å². The summed E-state index contributed by atoms with van der Waals surface area (Å²) in [4.78, 5) is 0. The minimum absolute atomic E-state index is 0.212. The topological polar surface area (TPSA) is 46.2 Å². The van der Waals surface area contributed by atoms with Crippen molar-refractivity contribution in [2.45, 2.75) is 45.6 Å². The van der Waals surface area contributed by atoms with Crippen LogP contribution in [0.5, 0.6) is 0 Å². The normalized spacial score (nSPS) is 28.9. The molecule has 0 spiro atoms. The van der Waals surface area contributed by atoms with Crippen molar-refractivity contribution in [3.05, 3.63) is 0 Å². The van der Waals surface area contributed by atoms with Crippen LogP contribution >= 0.6 is 0 Å². The second-order valence-electron chi connectivity index (χ2n) is 5.47. The maximum atomic E-state index is 11.1. The van der Waals surface area contributed by atoms with Gasteiger partial charge in [-0.1, -0.05) is 26.7 Å². The standard InChI is InChI=1S/C12H25NO2S/c1-10(9-16(3,14)15)8-13-12-7-5-4-6-11(12)2/h10-13H,4-9H2,1-3H3/t10-,11-,12+/m1/s1. The van der Waals surface area contributed by atoms with Gasteiger partial charge in [-0.3, -0.25) is 0 Å². The van der Waals surface area contributed by atoms with E-state index in [0.717, 1.165) is 12.5 Å². The maximum Gasteiger partial charge on any atom is 0.147 e. The van der Waals surface area contributed by atoms with E-state index < -0.39 is 9.84 Å². The van der Waals surface area contributed by atoms with Gasteiger partial charge in [-0.2, -0.15) is 0 Å². The summed E-state index contributed by atoms with van der Waals surface area (Å²) < 4.78 is 22.3. The lowest BCUT2D eigenvalue weighted by atomic mass is 9.86. The van der Waals surface area contributed by atoms with Crippen molar-refractivity contribution < 1.29 is 8.42 Å². The second-order valence-corrected chi connectivity index (χ2v) is 7.66. The summed E-state index contributed by atoms with van der Waals surface area (Å²) in [6.07, 6.45) is 6.51. The zero-order valence-electron chi connectivity index (χ0n) is 10.7. The quantitative estimate of drug-likeness (QED) is 0.806. The minimum Gasteiger partial charge on any atom is -0.313 e. The summed E-state index contributed by atoms with van der Waals surface area (Å²) in [6, 6.07) is 0.593. The smallest absolute Gasteiger partial charge is 0.147 e. The van der Waals surface area contributed by atoms with Crippen LogP contribution in [-0.2, 0) is 9.84 Å². The molecule has 0 aliphatic heterocycles. The van der Waals surface area contributed by atoms with Gasteiger partial charge in [0.1, 0.15) is 9.84 Å². The van der Waals surface area contributed by atoms with E-state index >= 15 is 0 Å². The molecule has 3 nitrogen and oxygen atoms in total. The summed E-state index contributed by atoms with van der Waals surface area (Å²) in [7, 11) is -2.83. The van der Waals surface area contributed by atoms with E-state index in [9.17, 15) is 8.42 Å². The first-order valence-corrected chi connectivity index (χ1v) is 8.35. The van der Waals surface area contributed by atoms with Crippen LogP contribution in [0.3, 0.4) is 0 Å². The Balaban J connectivity index is 2.28. The van der Waals surface area contributed by atoms with Crippen molar-refractivity contribution in [2.24, 2.45) is 11.8 Å². The van der Waals surface area contributed by atoms with E-state index in [-0.39, 0.29) is 5.92 Å². The maximum absolute atomic E-state index is 11.1. The molecule has 1 fully saturated rings. The molecule has 0 unspecified atom stereocenters. The molecular weight excluding hydrogens is 222 g/mol. The van der Waals surface area contributed by atoms with Gasteiger partial charge in [-0.25, -0.2) is 8.42 Å². The zero-order valence-corrected chi connectivity index (χ0v) is 11.5. The highest BCUT2D eigenvalue weighted by Crippen LogP contribution is 2.23. The number of hydrogen-bond donors (Lipinski definition) is 1. The Hall–Kier alpha value is -0.0900. The molecular formula is C12H25NO2S. The SMILES string of the molecule is C[C@H](CN[C@H]1CCCC[C@H]1C)CS(C)(=O)=O. The van der Waals surface area contributed by atoms with E-state index in [1.54, 1.807) is 0 Å². The van der Waals surface area contributed by atoms with Gasteiger partial charge in [0.05, 0.1) is 5.75 Å². The van der Waals surface area contributed by atoms with Crippen molar-refractivity contribution in [3.63, 3.8) is 0 Å². The lowest BCUT2D eigenvalue weighted by molar-refractivity contribution is 0.273. The molecule has 96 valence electrons. The third-order valence-corrected chi connectivity index (χ3v) is 4.60. The predicted molar refractivity (Wildman–Crippen MR) is 68.3 cm³/mol. The van der Waals surface area contributed by atoms with Gasteiger partial charge in [0.15, 0.2) is 0 Å². The highest BCUT2D eigenvalue weighted by molar-refractivity contribution is 7.90. The van der Waals surface area contributed by atoms with E-state index in [1.165, 1.54) is 31.9 Å². The van der Waals surface area contributed by atoms with E-state index in [1.807, 2.05) is 6.92 Å². The molecule has 0 aromatic heterocycles. The predicted octanol–water partition coefficient (Wildman–Crippen LogP) is 1.84. The molecule has 0 aromatic carbocycles. The van der Waals surface area contributed by atoms with Crippen LogP contribution in [0, 0.1) is 11.8 Å². The Morgan fingerprint density at radius 2 is 1.94 bits per heavy atom. The van der Waals surface area contributed by atoms with Gasteiger partial charge < -0.3 is 5.32 Å². The van der Waals surface area contributed by atoms with Crippen LogP contribution in [0.2, 0.25) is 0 Å². The third-order valence-electron chi connectivity index (χ3n) is 3.43. The summed E-state index contributed by atoms with van der Waals surface area (Å²) in [6.45, 7) is 5.11. The fourth-order valence-corrected chi connectivity index (χ4v) is 3.70. The summed E-state index contributed by atoms with van der Waals surface area (Å²) in [5.41, 5.74) is 0. The average Bonchev–Trinajstić information content (AvgIpc) is 2.14. The molecule has 1 N–H and O–H groups in total. The van der Waals surface area contributed by atoms with Crippen LogP contribution in [0.25, 0.3) is 0 Å². The molecule has 16 heavy (non-hydrogen) atoms. The Bertz CT molecular complexity index is 300. The lowest BCUT2D eigenvalue weighted by Gasteiger charge is -2.30. The molecule has 1 aliphatic rings. The van der Waals surface area contributed by atoms with Gasteiger partial charge in [0, 0.05) is 12.3 Å². The molecule has 0 saturated heterocycles. The average molecular weight is 247 g/mol. The molecule has 1 saturated carbocycles. The monoisotopic (exact) mass is 247 g/mol.